The Bertz CT molecular complexity index is 598. The van der Waals surface area contributed by atoms with Crippen molar-refractivity contribution in [2.24, 2.45) is 0 Å². The fourth-order valence-corrected chi connectivity index (χ4v) is 1.85. The fourth-order valence-electron chi connectivity index (χ4n) is 1.85. The Morgan fingerprint density at radius 1 is 1.20 bits per heavy atom. The van der Waals surface area contributed by atoms with E-state index in [4.69, 9.17) is 5.73 Å². The number of nitrogens with zero attached hydrogens (tertiary/aromatic N) is 1. The van der Waals surface area contributed by atoms with Crippen molar-refractivity contribution >= 4 is 17.4 Å². The van der Waals surface area contributed by atoms with Crippen LogP contribution < -0.4 is 16.4 Å². The number of pyridine rings is 1. The molecule has 5 heteroatoms. The first-order valence-corrected chi connectivity index (χ1v) is 6.46. The van der Waals surface area contributed by atoms with Crippen molar-refractivity contribution in [1.29, 1.82) is 0 Å². The molecule has 0 bridgehead atoms. The lowest BCUT2D eigenvalue weighted by atomic mass is 10.1. The summed E-state index contributed by atoms with van der Waals surface area (Å²) in [4.78, 5) is 16.1. The van der Waals surface area contributed by atoms with Crippen LogP contribution in [0.4, 0.5) is 11.5 Å². The SMILES string of the molecule is Cc1ccccc1C(=O)NCCNc1ncccc1N. The number of carbonyl (C=O) groups is 1. The molecule has 0 saturated carbocycles. The molecule has 0 radical (unpaired) electrons. The van der Waals surface area contributed by atoms with Crippen molar-refractivity contribution < 1.29 is 4.79 Å². The number of hydrogen-bond donors (Lipinski definition) is 3. The van der Waals surface area contributed by atoms with Crippen LogP contribution in [0.2, 0.25) is 0 Å². The number of anilines is 2. The molecule has 1 aromatic carbocycles. The number of carbonyl (C=O) groups excluding carboxylic acids is 1. The number of aryl methyl sites for hydroxylation is 1. The lowest BCUT2D eigenvalue weighted by Gasteiger charge is -2.10. The smallest absolute Gasteiger partial charge is 0.251 e. The second-order valence-corrected chi connectivity index (χ2v) is 4.44. The van der Waals surface area contributed by atoms with Crippen molar-refractivity contribution in [2.45, 2.75) is 6.92 Å². The molecule has 5 nitrogen and oxygen atoms in total. The van der Waals surface area contributed by atoms with Crippen molar-refractivity contribution in [3.05, 3.63) is 53.7 Å². The molecule has 0 unspecified atom stereocenters. The van der Waals surface area contributed by atoms with Gasteiger partial charge in [0.15, 0.2) is 0 Å². The Hall–Kier alpha value is -2.56. The van der Waals surface area contributed by atoms with Crippen LogP contribution in [0.15, 0.2) is 42.6 Å². The second kappa shape index (κ2) is 6.56. The lowest BCUT2D eigenvalue weighted by Crippen LogP contribution is -2.29. The number of benzene rings is 1. The summed E-state index contributed by atoms with van der Waals surface area (Å²) >= 11 is 0. The summed E-state index contributed by atoms with van der Waals surface area (Å²) in [6, 6.07) is 11.1. The Morgan fingerprint density at radius 2 is 2.00 bits per heavy atom. The van der Waals surface area contributed by atoms with Gasteiger partial charge in [0.25, 0.3) is 5.91 Å². The summed E-state index contributed by atoms with van der Waals surface area (Å²) in [6.45, 7) is 2.99. The van der Waals surface area contributed by atoms with E-state index in [2.05, 4.69) is 15.6 Å². The molecule has 0 aliphatic carbocycles. The summed E-state index contributed by atoms with van der Waals surface area (Å²) in [5.41, 5.74) is 8.02. The van der Waals surface area contributed by atoms with Crippen LogP contribution in [-0.2, 0) is 0 Å². The number of nitrogen functional groups attached to an aromatic ring is 1. The van der Waals surface area contributed by atoms with Gasteiger partial charge in [0.1, 0.15) is 5.82 Å². The molecule has 1 heterocycles. The Kier molecular flexibility index (Phi) is 4.55. The van der Waals surface area contributed by atoms with Gasteiger partial charge in [0.2, 0.25) is 0 Å². The maximum absolute atomic E-state index is 12.0. The van der Waals surface area contributed by atoms with E-state index in [1.54, 1.807) is 18.3 Å². The predicted molar refractivity (Wildman–Crippen MR) is 80.7 cm³/mol. The van der Waals surface area contributed by atoms with Gasteiger partial charge in [-0.05, 0) is 30.7 Å². The first-order chi connectivity index (χ1) is 9.68. The van der Waals surface area contributed by atoms with Gasteiger partial charge in [-0.2, -0.15) is 0 Å². The van der Waals surface area contributed by atoms with Gasteiger partial charge in [-0.15, -0.1) is 0 Å². The fraction of sp³-hybridized carbons (Fsp3) is 0.200. The highest BCUT2D eigenvalue weighted by atomic mass is 16.1. The van der Waals surface area contributed by atoms with E-state index < -0.39 is 0 Å². The molecule has 4 N–H and O–H groups in total. The molecule has 0 fully saturated rings. The Balaban J connectivity index is 1.81. The van der Waals surface area contributed by atoms with Crippen LogP contribution in [0.1, 0.15) is 15.9 Å². The minimum Gasteiger partial charge on any atom is -0.396 e. The van der Waals surface area contributed by atoms with Gasteiger partial charge in [-0.1, -0.05) is 18.2 Å². The molecule has 0 aliphatic heterocycles. The lowest BCUT2D eigenvalue weighted by molar-refractivity contribution is 0.0954. The molecule has 1 amide bonds. The number of hydrogen-bond acceptors (Lipinski definition) is 4. The van der Waals surface area contributed by atoms with Gasteiger partial charge in [0, 0.05) is 24.8 Å². The predicted octanol–water partition coefficient (Wildman–Crippen LogP) is 1.81. The average Bonchev–Trinajstić information content (AvgIpc) is 2.45. The van der Waals surface area contributed by atoms with E-state index in [0.717, 1.165) is 5.56 Å². The average molecular weight is 270 g/mol. The zero-order valence-corrected chi connectivity index (χ0v) is 11.4. The van der Waals surface area contributed by atoms with E-state index in [1.165, 1.54) is 0 Å². The zero-order valence-electron chi connectivity index (χ0n) is 11.4. The molecule has 0 aliphatic rings. The highest BCUT2D eigenvalue weighted by molar-refractivity contribution is 5.95. The van der Waals surface area contributed by atoms with E-state index >= 15 is 0 Å². The highest BCUT2D eigenvalue weighted by Gasteiger charge is 2.06. The monoisotopic (exact) mass is 270 g/mol. The largest absolute Gasteiger partial charge is 0.396 e. The normalized spacial score (nSPS) is 10.1. The third-order valence-electron chi connectivity index (χ3n) is 2.93. The van der Waals surface area contributed by atoms with Crippen LogP contribution in [0.25, 0.3) is 0 Å². The molecule has 2 aromatic rings. The molecular formula is C15H18N4O. The zero-order chi connectivity index (χ0) is 14.4. The van der Waals surface area contributed by atoms with Crippen LogP contribution in [0, 0.1) is 6.92 Å². The van der Waals surface area contributed by atoms with Gasteiger partial charge >= 0.3 is 0 Å². The van der Waals surface area contributed by atoms with Gasteiger partial charge in [-0.3, -0.25) is 4.79 Å². The maximum Gasteiger partial charge on any atom is 0.251 e. The van der Waals surface area contributed by atoms with Gasteiger partial charge in [-0.25, -0.2) is 4.98 Å². The number of aromatic nitrogens is 1. The van der Waals surface area contributed by atoms with Gasteiger partial charge < -0.3 is 16.4 Å². The summed E-state index contributed by atoms with van der Waals surface area (Å²) in [7, 11) is 0. The second-order valence-electron chi connectivity index (χ2n) is 4.44. The quantitative estimate of drug-likeness (QED) is 0.724. The van der Waals surface area contributed by atoms with Crippen molar-refractivity contribution in [3.63, 3.8) is 0 Å². The van der Waals surface area contributed by atoms with E-state index in [-0.39, 0.29) is 5.91 Å². The molecule has 0 atom stereocenters. The molecule has 0 saturated heterocycles. The molecule has 104 valence electrons. The van der Waals surface area contributed by atoms with Crippen LogP contribution in [0.3, 0.4) is 0 Å². The Labute approximate surface area is 118 Å². The van der Waals surface area contributed by atoms with Crippen LogP contribution >= 0.6 is 0 Å². The first kappa shape index (κ1) is 13.9. The van der Waals surface area contributed by atoms with Crippen LogP contribution in [-0.4, -0.2) is 24.0 Å². The minimum atomic E-state index is -0.0705. The molecule has 2 rings (SSSR count). The molecule has 20 heavy (non-hydrogen) atoms. The summed E-state index contributed by atoms with van der Waals surface area (Å²) in [5, 5.41) is 5.94. The summed E-state index contributed by atoms with van der Waals surface area (Å²) in [6.07, 6.45) is 1.67. The topological polar surface area (TPSA) is 80.0 Å². The number of amides is 1. The summed E-state index contributed by atoms with van der Waals surface area (Å²) < 4.78 is 0. The molecular weight excluding hydrogens is 252 g/mol. The van der Waals surface area contributed by atoms with Crippen molar-refractivity contribution in [2.75, 3.05) is 24.1 Å². The Morgan fingerprint density at radius 3 is 2.75 bits per heavy atom. The van der Waals surface area contributed by atoms with E-state index in [1.807, 2.05) is 31.2 Å². The minimum absolute atomic E-state index is 0.0705. The number of rotatable bonds is 5. The van der Waals surface area contributed by atoms with Gasteiger partial charge in [0.05, 0.1) is 5.69 Å². The first-order valence-electron chi connectivity index (χ1n) is 6.46. The van der Waals surface area contributed by atoms with E-state index in [0.29, 0.717) is 30.2 Å². The third-order valence-corrected chi connectivity index (χ3v) is 2.93. The standard InChI is InChI=1S/C15H18N4O/c1-11-5-2-3-6-12(11)15(20)19-10-9-18-14-13(16)7-4-8-17-14/h2-8H,9-10,16H2,1H3,(H,17,18)(H,19,20). The maximum atomic E-state index is 12.0. The van der Waals surface area contributed by atoms with Crippen molar-refractivity contribution in [1.82, 2.24) is 10.3 Å². The highest BCUT2D eigenvalue weighted by Crippen LogP contribution is 2.12. The van der Waals surface area contributed by atoms with Crippen molar-refractivity contribution in [3.8, 4) is 0 Å². The van der Waals surface area contributed by atoms with Crippen LogP contribution in [0.5, 0.6) is 0 Å². The van der Waals surface area contributed by atoms with E-state index in [9.17, 15) is 4.79 Å². The number of nitrogens with two attached hydrogens (primary N) is 1. The molecule has 1 aromatic heterocycles. The molecule has 0 spiro atoms. The third kappa shape index (κ3) is 3.47. The number of nitrogens with one attached hydrogen (secondary N) is 2. The summed E-state index contributed by atoms with van der Waals surface area (Å²) in [5.74, 6) is 0.566.